The van der Waals surface area contributed by atoms with Crippen LogP contribution in [-0.4, -0.2) is 39.0 Å². The fourth-order valence-corrected chi connectivity index (χ4v) is 4.49. The zero-order chi connectivity index (χ0) is 20.4. The van der Waals surface area contributed by atoms with Crippen molar-refractivity contribution in [3.63, 3.8) is 0 Å². The van der Waals surface area contributed by atoms with Crippen molar-refractivity contribution in [1.29, 1.82) is 0 Å². The Labute approximate surface area is 178 Å². The van der Waals surface area contributed by atoms with Gasteiger partial charge in [-0.1, -0.05) is 25.4 Å². The highest BCUT2D eigenvalue weighted by atomic mass is 35.5. The molecule has 0 spiro atoms. The Morgan fingerprint density at radius 2 is 2.21 bits per heavy atom. The van der Waals surface area contributed by atoms with E-state index >= 15 is 0 Å². The van der Waals surface area contributed by atoms with Gasteiger partial charge in [-0.25, -0.2) is 0 Å². The molecule has 1 fully saturated rings. The first-order valence-electron chi connectivity index (χ1n) is 9.61. The summed E-state index contributed by atoms with van der Waals surface area (Å²) in [5, 5.41) is 19.4. The fraction of sp³-hybridized carbons (Fsp3) is 0.400. The summed E-state index contributed by atoms with van der Waals surface area (Å²) in [7, 11) is 0. The summed E-state index contributed by atoms with van der Waals surface area (Å²) in [5.41, 5.74) is 1.16. The zero-order valence-electron chi connectivity index (χ0n) is 16.4. The summed E-state index contributed by atoms with van der Waals surface area (Å²) in [4.78, 5) is 14.7. The second-order valence-corrected chi connectivity index (χ2v) is 9.18. The van der Waals surface area contributed by atoms with E-state index < -0.39 is 5.54 Å². The van der Waals surface area contributed by atoms with E-state index in [2.05, 4.69) is 39.8 Å². The van der Waals surface area contributed by atoms with Crippen LogP contribution in [0, 0.1) is 5.92 Å². The molecule has 0 saturated carbocycles. The van der Waals surface area contributed by atoms with Crippen LogP contribution in [0.3, 0.4) is 0 Å². The molecule has 9 heteroatoms. The van der Waals surface area contributed by atoms with Crippen LogP contribution in [0.2, 0.25) is 5.15 Å². The quantitative estimate of drug-likeness (QED) is 0.626. The molecule has 1 aliphatic rings. The lowest BCUT2D eigenvalue weighted by Crippen LogP contribution is -2.48. The molecular formula is C20H23ClN6OS. The molecule has 1 amide bonds. The largest absolute Gasteiger partial charge is 0.339 e. The van der Waals surface area contributed by atoms with E-state index in [1.54, 1.807) is 6.07 Å². The lowest BCUT2D eigenvalue weighted by Gasteiger charge is -2.28. The number of carbonyl (C=O) groups excluding carboxylic acids is 1. The third-order valence-electron chi connectivity index (χ3n) is 4.93. The van der Waals surface area contributed by atoms with Crippen molar-refractivity contribution in [3.8, 4) is 10.4 Å². The van der Waals surface area contributed by atoms with E-state index in [1.807, 2.05) is 35.3 Å². The number of amides is 1. The van der Waals surface area contributed by atoms with Crippen LogP contribution in [0.4, 0.5) is 0 Å². The second-order valence-electron chi connectivity index (χ2n) is 7.71. The van der Waals surface area contributed by atoms with Crippen molar-refractivity contribution in [3.05, 3.63) is 52.4 Å². The average molecular weight is 431 g/mol. The molecule has 0 bridgehead atoms. The topological polar surface area (TPSA) is 84.7 Å². The van der Waals surface area contributed by atoms with E-state index in [4.69, 9.17) is 11.6 Å². The number of thiophene rings is 1. The molecule has 1 aliphatic heterocycles. The fourth-order valence-electron chi connectivity index (χ4n) is 3.51. The predicted molar refractivity (Wildman–Crippen MR) is 114 cm³/mol. The summed E-state index contributed by atoms with van der Waals surface area (Å²) < 4.78 is 1.94. The van der Waals surface area contributed by atoms with Gasteiger partial charge < -0.3 is 10.6 Å². The molecule has 7 nitrogen and oxygen atoms in total. The highest BCUT2D eigenvalue weighted by Gasteiger charge is 2.39. The lowest BCUT2D eigenvalue weighted by atomic mass is 9.93. The number of carbonyl (C=O) groups is 1. The molecule has 3 aromatic rings. The normalized spacial score (nSPS) is 19.0. The first kappa shape index (κ1) is 20.0. The molecule has 1 saturated heterocycles. The third-order valence-corrected chi connectivity index (χ3v) is 6.26. The number of nitrogens with zero attached hydrogens (tertiary/aromatic N) is 4. The number of rotatable bonds is 6. The van der Waals surface area contributed by atoms with Crippen LogP contribution in [0.1, 0.15) is 35.6 Å². The Hall–Kier alpha value is -2.29. The molecule has 0 radical (unpaired) electrons. The predicted octanol–water partition coefficient (Wildman–Crippen LogP) is 3.33. The van der Waals surface area contributed by atoms with Gasteiger partial charge >= 0.3 is 0 Å². The number of hydrogen-bond donors (Lipinski definition) is 2. The van der Waals surface area contributed by atoms with Gasteiger partial charge in [0.05, 0.1) is 22.3 Å². The standard InChI is InChI=1S/C20H23ClN6OS/c1-13(2)10-27-11-14(9-23-27)15-3-4-16(29-15)19(28)24-20(7-8-22-12-20)17-5-6-18(21)26-25-17/h3-6,9,11,13,22H,7-8,10,12H2,1-2H3,(H,24,28)/t20-/m1/s1. The van der Waals surface area contributed by atoms with Crippen molar-refractivity contribution in [1.82, 2.24) is 30.6 Å². The summed E-state index contributed by atoms with van der Waals surface area (Å²) in [6.45, 7) is 6.60. The third kappa shape index (κ3) is 4.34. The lowest BCUT2D eigenvalue weighted by molar-refractivity contribution is 0.0906. The monoisotopic (exact) mass is 430 g/mol. The maximum absolute atomic E-state index is 13.0. The van der Waals surface area contributed by atoms with Crippen LogP contribution in [0.25, 0.3) is 10.4 Å². The van der Waals surface area contributed by atoms with Gasteiger partial charge in [-0.05, 0) is 43.1 Å². The summed E-state index contributed by atoms with van der Waals surface area (Å²) in [6, 6.07) is 7.36. The molecule has 1 atom stereocenters. The van der Waals surface area contributed by atoms with Crippen LogP contribution in [-0.2, 0) is 12.1 Å². The van der Waals surface area contributed by atoms with Crippen LogP contribution in [0.5, 0.6) is 0 Å². The smallest absolute Gasteiger partial charge is 0.262 e. The Morgan fingerprint density at radius 3 is 2.90 bits per heavy atom. The summed E-state index contributed by atoms with van der Waals surface area (Å²) >= 11 is 7.34. The van der Waals surface area contributed by atoms with Crippen LogP contribution in [0.15, 0.2) is 36.7 Å². The second kappa shape index (κ2) is 8.22. The number of nitrogens with one attached hydrogen (secondary N) is 2. The SMILES string of the molecule is CC(C)Cn1cc(-c2ccc(C(=O)N[C@]3(c4ccc(Cl)nn4)CCNC3)s2)cn1. The van der Waals surface area contributed by atoms with E-state index in [9.17, 15) is 4.79 Å². The Morgan fingerprint density at radius 1 is 1.34 bits per heavy atom. The Balaban J connectivity index is 1.52. The first-order valence-corrected chi connectivity index (χ1v) is 10.8. The van der Waals surface area contributed by atoms with Crippen molar-refractivity contribution < 1.29 is 4.79 Å². The van der Waals surface area contributed by atoms with Crippen LogP contribution >= 0.6 is 22.9 Å². The van der Waals surface area contributed by atoms with Crippen LogP contribution < -0.4 is 10.6 Å². The minimum absolute atomic E-state index is 0.115. The van der Waals surface area contributed by atoms with Gasteiger partial charge in [-0.15, -0.1) is 16.4 Å². The van der Waals surface area contributed by atoms with Crippen molar-refractivity contribution >= 4 is 28.8 Å². The maximum atomic E-state index is 13.0. The minimum atomic E-state index is -0.582. The molecule has 0 aliphatic carbocycles. The summed E-state index contributed by atoms with van der Waals surface area (Å²) in [5.74, 6) is 0.413. The average Bonchev–Trinajstić information content (AvgIpc) is 3.42. The highest BCUT2D eigenvalue weighted by molar-refractivity contribution is 7.17. The summed E-state index contributed by atoms with van der Waals surface area (Å²) in [6.07, 6.45) is 4.62. The van der Waals surface area contributed by atoms with E-state index in [0.29, 0.717) is 28.2 Å². The molecule has 152 valence electrons. The van der Waals surface area contributed by atoms with Gasteiger partial charge in [0, 0.05) is 29.7 Å². The molecule has 0 unspecified atom stereocenters. The molecule has 0 aromatic carbocycles. The number of aromatic nitrogens is 4. The number of halogens is 1. The molecule has 4 heterocycles. The highest BCUT2D eigenvalue weighted by Crippen LogP contribution is 2.31. The van der Waals surface area contributed by atoms with Crippen molar-refractivity contribution in [2.75, 3.05) is 13.1 Å². The van der Waals surface area contributed by atoms with Gasteiger partial charge in [-0.2, -0.15) is 10.2 Å². The number of hydrogen-bond acceptors (Lipinski definition) is 6. The van der Waals surface area contributed by atoms with Crippen molar-refractivity contribution in [2.24, 2.45) is 5.92 Å². The Kier molecular flexibility index (Phi) is 5.67. The van der Waals surface area contributed by atoms with E-state index in [1.165, 1.54) is 11.3 Å². The van der Waals surface area contributed by atoms with Gasteiger partial charge in [0.2, 0.25) is 0 Å². The molecule has 3 aromatic heterocycles. The van der Waals surface area contributed by atoms with E-state index in [-0.39, 0.29) is 5.91 Å². The maximum Gasteiger partial charge on any atom is 0.262 e. The van der Waals surface area contributed by atoms with Gasteiger partial charge in [0.1, 0.15) is 0 Å². The first-order chi connectivity index (χ1) is 13.9. The van der Waals surface area contributed by atoms with E-state index in [0.717, 1.165) is 30.0 Å². The van der Waals surface area contributed by atoms with Gasteiger partial charge in [0.15, 0.2) is 5.15 Å². The van der Waals surface area contributed by atoms with Crippen molar-refractivity contribution in [2.45, 2.75) is 32.4 Å². The van der Waals surface area contributed by atoms with Gasteiger partial charge in [-0.3, -0.25) is 9.48 Å². The Bertz CT molecular complexity index is 991. The molecular weight excluding hydrogens is 408 g/mol. The van der Waals surface area contributed by atoms with Gasteiger partial charge in [0.25, 0.3) is 5.91 Å². The zero-order valence-corrected chi connectivity index (χ0v) is 17.9. The minimum Gasteiger partial charge on any atom is -0.339 e. The molecule has 29 heavy (non-hydrogen) atoms. The molecule has 4 rings (SSSR count). The molecule has 2 N–H and O–H groups in total.